The molecule has 1 aliphatic heterocycles. The van der Waals surface area contributed by atoms with Crippen molar-refractivity contribution in [3.05, 3.63) is 0 Å². The lowest BCUT2D eigenvalue weighted by Gasteiger charge is -2.28. The maximum absolute atomic E-state index is 11.9. The molecule has 0 spiro atoms. The number of hydrogen-bond donors (Lipinski definition) is 1. The van der Waals surface area contributed by atoms with Crippen LogP contribution in [-0.4, -0.2) is 48.9 Å². The topological polar surface area (TPSA) is 47.6 Å². The smallest absolute Gasteiger partial charge is 0.326 e. The molecule has 1 fully saturated rings. The normalized spacial score (nSPS) is 27.8. The van der Waals surface area contributed by atoms with Crippen LogP contribution in [0, 0.1) is 0 Å². The van der Waals surface area contributed by atoms with Gasteiger partial charge in [-0.15, -0.1) is 0 Å². The van der Waals surface area contributed by atoms with E-state index >= 15 is 0 Å². The molecule has 3 unspecified atom stereocenters. The van der Waals surface area contributed by atoms with Crippen molar-refractivity contribution in [1.29, 1.82) is 0 Å². The zero-order chi connectivity index (χ0) is 12.9. The van der Waals surface area contributed by atoms with Crippen LogP contribution in [0.15, 0.2) is 0 Å². The molecule has 0 aromatic heterocycles. The van der Waals surface area contributed by atoms with Gasteiger partial charge in [0.15, 0.2) is 0 Å². The lowest BCUT2D eigenvalue weighted by atomic mass is 10.1. The molecule has 3 atom stereocenters. The molecular formula is C12H23NO3S. The maximum Gasteiger partial charge on any atom is 0.326 e. The molecule has 1 rings (SSSR count). The summed E-state index contributed by atoms with van der Waals surface area (Å²) in [6.45, 7) is 7.05. The Bertz CT molecular complexity index is 262. The summed E-state index contributed by atoms with van der Waals surface area (Å²) in [7, 11) is 1.80. The number of nitrogens with one attached hydrogen (secondary N) is 1. The first-order valence-electron chi connectivity index (χ1n) is 6.13. The van der Waals surface area contributed by atoms with Crippen LogP contribution in [0.3, 0.4) is 0 Å². The number of hydrogen-bond acceptors (Lipinski definition) is 5. The molecule has 0 amide bonds. The lowest BCUT2D eigenvalue weighted by molar-refractivity contribution is -0.149. The van der Waals surface area contributed by atoms with Crippen molar-refractivity contribution in [2.75, 3.05) is 26.0 Å². The second kappa shape index (κ2) is 6.61. The van der Waals surface area contributed by atoms with E-state index in [1.807, 2.05) is 13.8 Å². The minimum atomic E-state index is -0.608. The summed E-state index contributed by atoms with van der Waals surface area (Å²) in [6.07, 6.45) is 1.34. The molecule has 0 aromatic carbocycles. The Morgan fingerprint density at radius 2 is 2.35 bits per heavy atom. The van der Waals surface area contributed by atoms with Crippen molar-refractivity contribution in [2.24, 2.45) is 0 Å². The number of esters is 1. The lowest BCUT2D eigenvalue weighted by Crippen LogP contribution is -2.51. The summed E-state index contributed by atoms with van der Waals surface area (Å²) >= 11 is 1.79. The standard InChI is InChI=1S/C12H23NO3S/c1-5-15-11(14)12(3,13-4)8-17-10-6-7-16-9(10)2/h9-10,13H,5-8H2,1-4H3. The highest BCUT2D eigenvalue weighted by Crippen LogP contribution is 2.29. The van der Waals surface area contributed by atoms with Crippen molar-refractivity contribution < 1.29 is 14.3 Å². The molecule has 100 valence electrons. The molecule has 5 heteroatoms. The molecule has 0 aromatic rings. The van der Waals surface area contributed by atoms with Crippen LogP contribution < -0.4 is 5.32 Å². The number of ether oxygens (including phenoxy) is 2. The summed E-state index contributed by atoms with van der Waals surface area (Å²) in [4.78, 5) is 11.9. The highest BCUT2D eigenvalue weighted by atomic mass is 32.2. The Labute approximate surface area is 108 Å². The van der Waals surface area contributed by atoms with E-state index in [0.717, 1.165) is 13.0 Å². The Kier molecular flexibility index (Phi) is 5.76. The Hall–Kier alpha value is -0.260. The summed E-state index contributed by atoms with van der Waals surface area (Å²) in [5.74, 6) is 0.530. The summed E-state index contributed by atoms with van der Waals surface area (Å²) in [5, 5.41) is 3.55. The fourth-order valence-electron chi connectivity index (χ4n) is 1.73. The first-order valence-corrected chi connectivity index (χ1v) is 7.17. The third-order valence-corrected chi connectivity index (χ3v) is 4.96. The third kappa shape index (κ3) is 3.86. The molecule has 1 aliphatic rings. The van der Waals surface area contributed by atoms with E-state index in [1.165, 1.54) is 0 Å². The molecule has 0 saturated carbocycles. The van der Waals surface area contributed by atoms with Crippen molar-refractivity contribution in [3.8, 4) is 0 Å². The van der Waals surface area contributed by atoms with Crippen molar-refractivity contribution in [3.63, 3.8) is 0 Å². The number of carbonyl (C=O) groups excluding carboxylic acids is 1. The van der Waals surface area contributed by atoms with Crippen LogP contribution in [0.1, 0.15) is 27.2 Å². The average molecular weight is 261 g/mol. The minimum absolute atomic E-state index is 0.179. The predicted molar refractivity (Wildman–Crippen MR) is 70.4 cm³/mol. The third-order valence-electron chi connectivity index (χ3n) is 3.17. The molecule has 4 nitrogen and oxygen atoms in total. The largest absolute Gasteiger partial charge is 0.465 e. The molecule has 17 heavy (non-hydrogen) atoms. The first-order chi connectivity index (χ1) is 8.03. The van der Waals surface area contributed by atoms with Crippen LogP contribution in [0.5, 0.6) is 0 Å². The van der Waals surface area contributed by atoms with Crippen molar-refractivity contribution in [2.45, 2.75) is 44.1 Å². The van der Waals surface area contributed by atoms with Crippen LogP contribution in [0.25, 0.3) is 0 Å². The second-order valence-corrected chi connectivity index (χ2v) is 5.74. The zero-order valence-electron chi connectivity index (χ0n) is 11.1. The summed E-state index contributed by atoms with van der Waals surface area (Å²) in [6, 6.07) is 0. The minimum Gasteiger partial charge on any atom is -0.465 e. The van der Waals surface area contributed by atoms with Gasteiger partial charge in [-0.2, -0.15) is 11.8 Å². The van der Waals surface area contributed by atoms with E-state index in [0.29, 0.717) is 17.6 Å². The van der Waals surface area contributed by atoms with Crippen molar-refractivity contribution in [1.82, 2.24) is 5.32 Å². The number of thioether (sulfide) groups is 1. The van der Waals surface area contributed by atoms with E-state index in [9.17, 15) is 4.79 Å². The van der Waals surface area contributed by atoms with Gasteiger partial charge < -0.3 is 14.8 Å². The van der Waals surface area contributed by atoms with Gasteiger partial charge in [-0.3, -0.25) is 4.79 Å². The van der Waals surface area contributed by atoms with Crippen LogP contribution in [0.2, 0.25) is 0 Å². The highest BCUT2D eigenvalue weighted by Gasteiger charge is 2.35. The van der Waals surface area contributed by atoms with Gasteiger partial charge in [0.05, 0.1) is 12.7 Å². The van der Waals surface area contributed by atoms with Gasteiger partial charge in [-0.25, -0.2) is 0 Å². The highest BCUT2D eigenvalue weighted by molar-refractivity contribution is 8.00. The van der Waals surface area contributed by atoms with Crippen molar-refractivity contribution >= 4 is 17.7 Å². The van der Waals surface area contributed by atoms with Gasteiger partial charge in [0, 0.05) is 17.6 Å². The van der Waals surface area contributed by atoms with Crippen LogP contribution in [0.4, 0.5) is 0 Å². The predicted octanol–water partition coefficient (Wildman–Crippen LogP) is 1.44. The number of rotatable bonds is 6. The van der Waals surface area contributed by atoms with Gasteiger partial charge in [-0.1, -0.05) is 0 Å². The molecule has 0 aliphatic carbocycles. The van der Waals surface area contributed by atoms with Gasteiger partial charge >= 0.3 is 5.97 Å². The van der Waals surface area contributed by atoms with Crippen LogP contribution >= 0.6 is 11.8 Å². The van der Waals surface area contributed by atoms with E-state index in [4.69, 9.17) is 9.47 Å². The summed E-state index contributed by atoms with van der Waals surface area (Å²) in [5.41, 5.74) is -0.608. The number of carbonyl (C=O) groups is 1. The fourth-order valence-corrected chi connectivity index (χ4v) is 3.15. The molecular weight excluding hydrogens is 238 g/mol. The molecule has 1 heterocycles. The molecule has 1 saturated heterocycles. The fraction of sp³-hybridized carbons (Fsp3) is 0.917. The second-order valence-electron chi connectivity index (χ2n) is 4.52. The molecule has 0 radical (unpaired) electrons. The molecule has 0 bridgehead atoms. The van der Waals surface area contributed by atoms with Crippen LogP contribution in [-0.2, 0) is 14.3 Å². The average Bonchev–Trinajstić information content (AvgIpc) is 2.72. The molecule has 1 N–H and O–H groups in total. The van der Waals surface area contributed by atoms with Gasteiger partial charge in [0.25, 0.3) is 0 Å². The van der Waals surface area contributed by atoms with Gasteiger partial charge in [0.1, 0.15) is 5.54 Å². The Morgan fingerprint density at radius 3 is 2.82 bits per heavy atom. The van der Waals surface area contributed by atoms with Gasteiger partial charge in [0.2, 0.25) is 0 Å². The summed E-state index contributed by atoms with van der Waals surface area (Å²) < 4.78 is 10.6. The SMILES string of the molecule is CCOC(=O)C(C)(CSC1CCOC1C)NC. The Morgan fingerprint density at radius 1 is 1.65 bits per heavy atom. The van der Waals surface area contributed by atoms with E-state index in [2.05, 4.69) is 12.2 Å². The van der Waals surface area contributed by atoms with E-state index in [-0.39, 0.29) is 12.1 Å². The first kappa shape index (κ1) is 14.8. The monoisotopic (exact) mass is 261 g/mol. The maximum atomic E-state index is 11.9. The van der Waals surface area contributed by atoms with Gasteiger partial charge in [-0.05, 0) is 34.2 Å². The number of likely N-dealkylation sites (N-methyl/N-ethyl adjacent to an activating group) is 1. The Balaban J connectivity index is 2.47. The van der Waals surface area contributed by atoms with E-state index in [1.54, 1.807) is 18.8 Å². The zero-order valence-corrected chi connectivity index (χ0v) is 11.9. The quantitative estimate of drug-likeness (QED) is 0.733. The van der Waals surface area contributed by atoms with E-state index < -0.39 is 5.54 Å².